The van der Waals surface area contributed by atoms with Gasteiger partial charge in [-0.1, -0.05) is 36.4 Å². The van der Waals surface area contributed by atoms with Gasteiger partial charge < -0.3 is 20.4 Å². The smallest absolute Gasteiger partial charge is 0.242 e. The predicted octanol–water partition coefficient (Wildman–Crippen LogP) is 5.58. The molecule has 0 amide bonds. The maximum atomic E-state index is 9.61. The summed E-state index contributed by atoms with van der Waals surface area (Å²) in [5, 5.41) is 56.7. The number of nitrogens with zero attached hydrogens (tertiary/aromatic N) is 4. The summed E-state index contributed by atoms with van der Waals surface area (Å²) in [5.41, 5.74) is 0.520. The minimum absolute atomic E-state index is 0. The van der Waals surface area contributed by atoms with E-state index in [2.05, 4.69) is 20.4 Å². The van der Waals surface area contributed by atoms with Crippen molar-refractivity contribution in [2.45, 2.75) is 0 Å². The van der Waals surface area contributed by atoms with Crippen LogP contribution in [0.4, 0.5) is 0 Å². The molecule has 174 valence electrons. The van der Waals surface area contributed by atoms with Gasteiger partial charge in [0.25, 0.3) is 0 Å². The van der Waals surface area contributed by atoms with E-state index in [1.165, 1.54) is 34.8 Å². The molecule has 0 saturated heterocycles. The van der Waals surface area contributed by atoms with Gasteiger partial charge in [0.05, 0.1) is 23.6 Å². The molecule has 4 rings (SSSR count). The number of aliphatic hydroxyl groups is 2. The fraction of sp³-hybridized carbons (Fsp3) is 0. The van der Waals surface area contributed by atoms with Crippen LogP contribution < -0.4 is 0 Å². The van der Waals surface area contributed by atoms with Crippen molar-refractivity contribution < 1.29 is 39.9 Å². The largest absolute Gasteiger partial charge is 0.507 e. The predicted molar refractivity (Wildman–Crippen MR) is 138 cm³/mol. The van der Waals surface area contributed by atoms with Crippen molar-refractivity contribution in [3.05, 3.63) is 104 Å². The zero-order valence-electron chi connectivity index (χ0n) is 18.3. The van der Waals surface area contributed by atoms with E-state index in [1.807, 2.05) is 35.0 Å². The number of phenolic OH excluding ortho intramolecular Hbond substituents is 2. The molecule has 0 saturated carbocycles. The van der Waals surface area contributed by atoms with Gasteiger partial charge in [-0.3, -0.25) is 0 Å². The first-order valence-corrected chi connectivity index (χ1v) is 11.5. The van der Waals surface area contributed by atoms with E-state index < -0.39 is 0 Å². The average molecular weight is 558 g/mol. The number of aromatic hydroxyl groups is 2. The molecule has 0 bridgehead atoms. The number of aliphatic hydroxyl groups excluding tert-OH is 2. The van der Waals surface area contributed by atoms with Crippen molar-refractivity contribution in [1.82, 2.24) is 0 Å². The maximum Gasteiger partial charge on any atom is 0.242 e. The third kappa shape index (κ3) is 8.90. The number of benzene rings is 2. The second kappa shape index (κ2) is 14.6. The summed E-state index contributed by atoms with van der Waals surface area (Å²) in [6, 6.07) is 20.4. The van der Waals surface area contributed by atoms with E-state index in [4.69, 9.17) is 0 Å². The Morgan fingerprint density at radius 3 is 1.34 bits per heavy atom. The minimum Gasteiger partial charge on any atom is -0.507 e. The summed E-state index contributed by atoms with van der Waals surface area (Å²) in [5.74, 6) is -0.674. The Morgan fingerprint density at radius 2 is 1.00 bits per heavy atom. The fourth-order valence-corrected chi connectivity index (χ4v) is 3.60. The number of hydrogen-bond acceptors (Lipinski definition) is 8. The molecule has 4 aromatic rings. The second-order valence-electron chi connectivity index (χ2n) is 6.40. The number of phenols is 2. The quantitative estimate of drug-likeness (QED) is 0.107. The van der Waals surface area contributed by atoms with Crippen molar-refractivity contribution in [1.29, 1.82) is 0 Å². The van der Waals surface area contributed by atoms with Gasteiger partial charge in [-0.25, -0.2) is 0 Å². The van der Waals surface area contributed by atoms with E-state index in [0.29, 0.717) is 0 Å². The summed E-state index contributed by atoms with van der Waals surface area (Å²) < 4.78 is 0. The summed E-state index contributed by atoms with van der Waals surface area (Å²) in [4.78, 5) is 1.89. The molecule has 11 heteroatoms. The molecule has 0 unspecified atom stereocenters. The Labute approximate surface area is 222 Å². The summed E-state index contributed by atoms with van der Waals surface area (Å²) in [6.07, 6.45) is 3.09. The first kappa shape index (κ1) is 27.6. The van der Waals surface area contributed by atoms with Crippen molar-refractivity contribution >= 4 is 46.9 Å². The van der Waals surface area contributed by atoms with E-state index in [0.717, 1.165) is 9.75 Å². The van der Waals surface area contributed by atoms with Gasteiger partial charge >= 0.3 is 0 Å². The van der Waals surface area contributed by atoms with Crippen LogP contribution in [0.15, 0.2) is 104 Å². The van der Waals surface area contributed by atoms with Crippen LogP contribution in [0.25, 0.3) is 0 Å². The van der Waals surface area contributed by atoms with Crippen LogP contribution >= 0.6 is 22.7 Å². The first-order chi connectivity index (χ1) is 16.5. The van der Waals surface area contributed by atoms with Crippen molar-refractivity contribution in [2.75, 3.05) is 0 Å². The standard InChI is InChI=1S/2C12H10N2O2S.Zn/c2*15-11-6-2-1-5-10(11)12(16)14-13-8-9-4-3-7-17-9;/h2*1-8,15H,(H,14,16);/b2*13-8+;. The third-order valence-corrected chi connectivity index (χ3v) is 5.66. The molecule has 0 aliphatic carbocycles. The van der Waals surface area contributed by atoms with Crippen molar-refractivity contribution in [2.24, 2.45) is 20.4 Å². The SMILES string of the molecule is O/C(=N/N=C/c1cccs1)c1ccccc1O.O/C(=N/N=C/c1cccs1)c1ccccc1O.[Zn]. The van der Waals surface area contributed by atoms with E-state index in [9.17, 15) is 20.4 Å². The Morgan fingerprint density at radius 1 is 0.600 bits per heavy atom. The van der Waals surface area contributed by atoms with Crippen molar-refractivity contribution in [3.8, 4) is 11.5 Å². The number of para-hydroxylation sites is 2. The zero-order valence-corrected chi connectivity index (χ0v) is 22.9. The molecular formula is C24H20N4O4S2Zn. The number of hydrogen-bond donors (Lipinski definition) is 4. The molecular weight excluding hydrogens is 538 g/mol. The summed E-state index contributed by atoms with van der Waals surface area (Å²) in [6.45, 7) is 0. The Hall–Kier alpha value is -3.66. The molecule has 4 N–H and O–H groups in total. The molecule has 2 aromatic carbocycles. The van der Waals surface area contributed by atoms with Gasteiger partial charge in [-0.05, 0) is 47.2 Å². The molecule has 35 heavy (non-hydrogen) atoms. The normalized spacial score (nSPS) is 11.8. The van der Waals surface area contributed by atoms with Gasteiger partial charge in [0.2, 0.25) is 11.8 Å². The van der Waals surface area contributed by atoms with Gasteiger partial charge in [-0.15, -0.1) is 32.9 Å². The summed E-state index contributed by atoms with van der Waals surface area (Å²) in [7, 11) is 0. The molecule has 0 radical (unpaired) electrons. The van der Waals surface area contributed by atoms with Crippen LogP contribution in [0, 0.1) is 0 Å². The Bertz CT molecular complexity index is 1200. The third-order valence-electron chi connectivity index (χ3n) is 4.05. The topological polar surface area (TPSA) is 130 Å². The van der Waals surface area contributed by atoms with Crippen LogP contribution in [0.2, 0.25) is 0 Å². The van der Waals surface area contributed by atoms with Crippen LogP contribution in [0.5, 0.6) is 11.5 Å². The van der Waals surface area contributed by atoms with Crippen LogP contribution in [0.3, 0.4) is 0 Å². The Kier molecular flexibility index (Phi) is 11.5. The molecule has 0 spiro atoms. The second-order valence-corrected chi connectivity index (χ2v) is 8.36. The summed E-state index contributed by atoms with van der Waals surface area (Å²) >= 11 is 3.05. The van der Waals surface area contributed by atoms with E-state index in [-0.39, 0.29) is 53.9 Å². The first-order valence-electron chi connectivity index (χ1n) is 9.78. The monoisotopic (exact) mass is 556 g/mol. The van der Waals surface area contributed by atoms with Gasteiger partial charge in [0.1, 0.15) is 11.5 Å². The molecule has 0 aliphatic heterocycles. The molecule has 0 atom stereocenters. The van der Waals surface area contributed by atoms with Gasteiger partial charge in [0.15, 0.2) is 0 Å². The average Bonchev–Trinajstić information content (AvgIpc) is 3.55. The zero-order chi connectivity index (χ0) is 24.2. The van der Waals surface area contributed by atoms with Crippen LogP contribution in [-0.2, 0) is 19.5 Å². The maximum absolute atomic E-state index is 9.61. The molecule has 8 nitrogen and oxygen atoms in total. The molecule has 0 aliphatic rings. The molecule has 0 fully saturated rings. The fourth-order valence-electron chi connectivity index (χ4n) is 2.44. The Balaban J connectivity index is 0.000000240. The minimum atomic E-state index is -0.309. The van der Waals surface area contributed by atoms with E-state index in [1.54, 1.807) is 48.8 Å². The van der Waals surface area contributed by atoms with Crippen molar-refractivity contribution in [3.63, 3.8) is 0 Å². The van der Waals surface area contributed by atoms with Crippen LogP contribution in [-0.4, -0.2) is 44.7 Å². The van der Waals surface area contributed by atoms with Gasteiger partial charge in [0, 0.05) is 29.2 Å². The number of rotatable bonds is 6. The molecule has 2 aromatic heterocycles. The number of thiophene rings is 2. The van der Waals surface area contributed by atoms with Gasteiger partial charge in [-0.2, -0.15) is 10.2 Å². The van der Waals surface area contributed by atoms with E-state index >= 15 is 0 Å². The molecule has 2 heterocycles. The van der Waals surface area contributed by atoms with Crippen LogP contribution in [0.1, 0.15) is 20.9 Å².